The average molecular weight is 374 g/mol. The van der Waals surface area contributed by atoms with Gasteiger partial charge in [0.2, 0.25) is 11.0 Å². The molecule has 0 unspecified atom stereocenters. The Labute approximate surface area is 153 Å². The Morgan fingerprint density at radius 2 is 1.96 bits per heavy atom. The average Bonchev–Trinajstić information content (AvgIpc) is 3.26. The van der Waals surface area contributed by atoms with Gasteiger partial charge < -0.3 is 4.57 Å². The third kappa shape index (κ3) is 4.23. The molecule has 3 aromatic rings. The molecule has 3 rings (SSSR count). The van der Waals surface area contributed by atoms with Crippen molar-refractivity contribution in [1.29, 1.82) is 0 Å². The summed E-state index contributed by atoms with van der Waals surface area (Å²) in [5.41, 5.74) is 0.984. The van der Waals surface area contributed by atoms with E-state index in [1.807, 2.05) is 48.7 Å². The maximum absolute atomic E-state index is 12.2. The van der Waals surface area contributed by atoms with E-state index in [1.165, 1.54) is 23.1 Å². The fourth-order valence-electron chi connectivity index (χ4n) is 2.26. The van der Waals surface area contributed by atoms with Crippen molar-refractivity contribution in [1.82, 2.24) is 25.0 Å². The van der Waals surface area contributed by atoms with Crippen molar-refractivity contribution in [2.45, 2.75) is 32.0 Å². The van der Waals surface area contributed by atoms with Crippen LogP contribution in [-0.2, 0) is 17.8 Å². The predicted octanol–water partition coefficient (Wildman–Crippen LogP) is 3.11. The van der Waals surface area contributed by atoms with Crippen molar-refractivity contribution in [2.24, 2.45) is 0 Å². The van der Waals surface area contributed by atoms with E-state index < -0.39 is 0 Å². The highest BCUT2D eigenvalue weighted by atomic mass is 32.2. The van der Waals surface area contributed by atoms with E-state index in [4.69, 9.17) is 0 Å². The molecule has 0 aliphatic carbocycles. The number of amides is 1. The van der Waals surface area contributed by atoms with Crippen LogP contribution in [0.25, 0.3) is 10.6 Å². The van der Waals surface area contributed by atoms with Crippen LogP contribution in [0.15, 0.2) is 35.5 Å². The summed E-state index contributed by atoms with van der Waals surface area (Å²) in [6.45, 7) is 4.87. The number of hydrogen-bond donors (Lipinski definition) is 1. The number of nitrogens with zero attached hydrogens (tertiary/aromatic N) is 5. The number of anilines is 1. The molecule has 1 N–H and O–H groups in total. The second-order valence-electron chi connectivity index (χ2n) is 5.11. The Morgan fingerprint density at radius 3 is 2.68 bits per heavy atom. The number of hydrogen-bond acceptors (Lipinski definition) is 7. The first-order valence-corrected chi connectivity index (χ1v) is 9.75. The molecule has 0 atom stereocenters. The number of aryl methyl sites for hydroxylation is 1. The fourth-order valence-corrected chi connectivity index (χ4v) is 3.85. The van der Waals surface area contributed by atoms with Crippen LogP contribution in [0.2, 0.25) is 0 Å². The normalized spacial score (nSPS) is 10.8. The highest BCUT2D eigenvalue weighted by molar-refractivity contribution is 7.99. The summed E-state index contributed by atoms with van der Waals surface area (Å²) >= 11 is 2.73. The number of carbonyl (C=O) groups is 1. The van der Waals surface area contributed by atoms with E-state index in [1.54, 1.807) is 0 Å². The van der Waals surface area contributed by atoms with Gasteiger partial charge in [-0.2, -0.15) is 0 Å². The molecule has 130 valence electrons. The lowest BCUT2D eigenvalue weighted by Crippen LogP contribution is -2.14. The molecule has 2 aromatic heterocycles. The molecule has 2 heterocycles. The summed E-state index contributed by atoms with van der Waals surface area (Å²) < 4.78 is 2.02. The maximum atomic E-state index is 12.2. The van der Waals surface area contributed by atoms with Gasteiger partial charge in [-0.1, -0.05) is 60.4 Å². The van der Waals surface area contributed by atoms with Crippen LogP contribution in [0.5, 0.6) is 0 Å². The van der Waals surface area contributed by atoms with Gasteiger partial charge in [-0.3, -0.25) is 10.1 Å². The van der Waals surface area contributed by atoms with Crippen molar-refractivity contribution in [3.05, 3.63) is 36.2 Å². The molecule has 7 nitrogen and oxygen atoms in total. The van der Waals surface area contributed by atoms with Crippen LogP contribution < -0.4 is 5.32 Å². The van der Waals surface area contributed by atoms with Gasteiger partial charge in [0.15, 0.2) is 5.16 Å². The molecule has 25 heavy (non-hydrogen) atoms. The molecule has 0 aliphatic rings. The number of nitrogens with one attached hydrogen (secondary N) is 1. The molecule has 9 heteroatoms. The van der Waals surface area contributed by atoms with Gasteiger partial charge in [0.25, 0.3) is 0 Å². The zero-order valence-corrected chi connectivity index (χ0v) is 15.6. The Bertz CT molecular complexity index is 845. The Hall–Kier alpha value is -2.26. The zero-order chi connectivity index (χ0) is 17.6. The monoisotopic (exact) mass is 374 g/mol. The van der Waals surface area contributed by atoms with Gasteiger partial charge in [-0.25, -0.2) is 0 Å². The number of carbonyl (C=O) groups excluding carboxylic acids is 1. The third-order valence-corrected chi connectivity index (χ3v) is 5.30. The molecular weight excluding hydrogens is 356 g/mol. The van der Waals surface area contributed by atoms with E-state index in [2.05, 4.69) is 25.7 Å². The zero-order valence-electron chi connectivity index (χ0n) is 14.0. The van der Waals surface area contributed by atoms with Crippen molar-refractivity contribution in [3.8, 4) is 10.6 Å². The molecule has 1 amide bonds. The maximum Gasteiger partial charge on any atom is 0.236 e. The predicted molar refractivity (Wildman–Crippen MR) is 99.8 cm³/mol. The standard InChI is InChI=1S/C16H18N6OS2/c1-3-12-18-21-16(22(12)4-2)24-10-13(23)17-15-20-19-14(25-15)11-8-6-5-7-9-11/h5-9H,3-4,10H2,1-2H3,(H,17,20,23). The molecule has 0 saturated heterocycles. The van der Waals surface area contributed by atoms with Crippen molar-refractivity contribution in [3.63, 3.8) is 0 Å². The minimum absolute atomic E-state index is 0.135. The van der Waals surface area contributed by atoms with E-state index >= 15 is 0 Å². The van der Waals surface area contributed by atoms with Crippen LogP contribution in [0.3, 0.4) is 0 Å². The Kier molecular flexibility index (Phi) is 5.77. The first-order valence-electron chi connectivity index (χ1n) is 7.95. The largest absolute Gasteiger partial charge is 0.306 e. The lowest BCUT2D eigenvalue weighted by molar-refractivity contribution is -0.113. The highest BCUT2D eigenvalue weighted by Crippen LogP contribution is 2.26. The lowest BCUT2D eigenvalue weighted by atomic mass is 10.2. The molecule has 0 aliphatic heterocycles. The summed E-state index contributed by atoms with van der Waals surface area (Å²) in [5, 5.41) is 21.3. The fraction of sp³-hybridized carbons (Fsp3) is 0.312. The Balaban J connectivity index is 1.58. The molecule has 0 spiro atoms. The van der Waals surface area contributed by atoms with Crippen LogP contribution in [0.1, 0.15) is 19.7 Å². The number of thioether (sulfide) groups is 1. The first kappa shape index (κ1) is 17.6. The molecule has 1 aromatic carbocycles. The van der Waals surface area contributed by atoms with Gasteiger partial charge in [0, 0.05) is 18.5 Å². The number of aromatic nitrogens is 5. The number of benzene rings is 1. The van der Waals surface area contributed by atoms with Gasteiger partial charge >= 0.3 is 0 Å². The summed E-state index contributed by atoms with van der Waals surface area (Å²) in [6, 6.07) is 9.76. The number of rotatable bonds is 7. The summed E-state index contributed by atoms with van der Waals surface area (Å²) in [5.74, 6) is 1.05. The van der Waals surface area contributed by atoms with Crippen LogP contribution >= 0.6 is 23.1 Å². The van der Waals surface area contributed by atoms with Crippen LogP contribution in [0, 0.1) is 0 Å². The topological polar surface area (TPSA) is 85.6 Å². The van der Waals surface area contributed by atoms with Crippen molar-refractivity contribution in [2.75, 3.05) is 11.1 Å². The van der Waals surface area contributed by atoms with Gasteiger partial charge in [0.1, 0.15) is 10.8 Å². The van der Waals surface area contributed by atoms with Gasteiger partial charge in [0.05, 0.1) is 5.75 Å². The van der Waals surface area contributed by atoms with Crippen LogP contribution in [0.4, 0.5) is 5.13 Å². The second kappa shape index (κ2) is 8.21. The quantitative estimate of drug-likeness (QED) is 0.640. The van der Waals surface area contributed by atoms with Crippen LogP contribution in [-0.4, -0.2) is 36.6 Å². The van der Waals surface area contributed by atoms with E-state index in [-0.39, 0.29) is 11.7 Å². The van der Waals surface area contributed by atoms with Gasteiger partial charge in [-0.05, 0) is 6.92 Å². The SMILES string of the molecule is CCc1nnc(SCC(=O)Nc2nnc(-c3ccccc3)s2)n1CC. The minimum atomic E-state index is -0.135. The summed E-state index contributed by atoms with van der Waals surface area (Å²) in [7, 11) is 0. The lowest BCUT2D eigenvalue weighted by Gasteiger charge is -2.05. The summed E-state index contributed by atoms with van der Waals surface area (Å²) in [4.78, 5) is 12.2. The van der Waals surface area contributed by atoms with E-state index in [9.17, 15) is 4.79 Å². The van der Waals surface area contributed by atoms with Gasteiger partial charge in [-0.15, -0.1) is 20.4 Å². The minimum Gasteiger partial charge on any atom is -0.306 e. The van der Waals surface area contributed by atoms with Crippen molar-refractivity contribution < 1.29 is 4.79 Å². The summed E-state index contributed by atoms with van der Waals surface area (Å²) in [6.07, 6.45) is 0.820. The molecular formula is C16H18N6OS2. The highest BCUT2D eigenvalue weighted by Gasteiger charge is 2.13. The van der Waals surface area contributed by atoms with E-state index in [0.29, 0.717) is 5.13 Å². The van der Waals surface area contributed by atoms with E-state index in [0.717, 1.165) is 34.5 Å². The first-order chi connectivity index (χ1) is 12.2. The van der Waals surface area contributed by atoms with Crippen molar-refractivity contribution >= 4 is 34.1 Å². The third-order valence-electron chi connectivity index (χ3n) is 3.45. The Morgan fingerprint density at radius 1 is 1.16 bits per heavy atom. The molecule has 0 fully saturated rings. The molecule has 0 saturated carbocycles. The smallest absolute Gasteiger partial charge is 0.236 e. The second-order valence-corrected chi connectivity index (χ2v) is 7.03. The molecule has 0 radical (unpaired) electrons. The molecule has 0 bridgehead atoms.